The van der Waals surface area contributed by atoms with Gasteiger partial charge < -0.3 is 0 Å². The van der Waals surface area contributed by atoms with Gasteiger partial charge in [-0.05, 0) is 34.0 Å². The van der Waals surface area contributed by atoms with Crippen LogP contribution >= 0.6 is 11.6 Å². The molecule has 20 heavy (non-hydrogen) atoms. The second-order valence-electron chi connectivity index (χ2n) is 4.67. The Kier molecular flexibility index (Phi) is 3.80. The quantitative estimate of drug-likeness (QED) is 0.591. The molecule has 0 N–H and O–H groups in total. The van der Waals surface area contributed by atoms with Crippen LogP contribution < -0.4 is 0 Å². The number of halogens is 1. The van der Waals surface area contributed by atoms with E-state index in [-0.39, 0.29) is 0 Å². The second kappa shape index (κ2) is 5.89. The highest BCUT2D eigenvalue weighted by atomic mass is 35.5. The molecule has 2 heteroatoms. The Hall–Kier alpha value is -2.12. The van der Waals surface area contributed by atoms with E-state index in [1.165, 1.54) is 10.8 Å². The summed E-state index contributed by atoms with van der Waals surface area (Å²) in [5, 5.41) is 3.24. The van der Waals surface area contributed by atoms with Crippen LogP contribution in [-0.2, 0) is 6.54 Å². The molecule has 0 bridgehead atoms. The summed E-state index contributed by atoms with van der Waals surface area (Å²) in [6, 6.07) is 22.5. The molecule has 0 aliphatic rings. The fourth-order valence-electron chi connectivity index (χ4n) is 2.16. The summed E-state index contributed by atoms with van der Waals surface area (Å²) in [5.74, 6) is 0. The Bertz CT molecular complexity index is 762. The molecule has 0 aliphatic carbocycles. The van der Waals surface area contributed by atoms with Crippen molar-refractivity contribution >= 4 is 28.6 Å². The van der Waals surface area contributed by atoms with Crippen molar-refractivity contribution in [1.82, 2.24) is 0 Å². The van der Waals surface area contributed by atoms with Crippen molar-refractivity contribution in [2.75, 3.05) is 0 Å². The lowest BCUT2D eigenvalue weighted by Crippen LogP contribution is -1.86. The minimum Gasteiger partial charge on any atom is -0.288 e. The molecule has 3 rings (SSSR count). The summed E-state index contributed by atoms with van der Waals surface area (Å²) in [5.41, 5.74) is 2.15. The van der Waals surface area contributed by atoms with Gasteiger partial charge in [-0.25, -0.2) is 0 Å². The maximum atomic E-state index is 6.11. The number of benzene rings is 3. The molecule has 1 nitrogen and oxygen atoms in total. The van der Waals surface area contributed by atoms with Gasteiger partial charge in [0.15, 0.2) is 0 Å². The van der Waals surface area contributed by atoms with Crippen molar-refractivity contribution in [1.29, 1.82) is 0 Å². The monoisotopic (exact) mass is 279 g/mol. The third-order valence-corrected chi connectivity index (χ3v) is 3.60. The maximum absolute atomic E-state index is 6.11. The summed E-state index contributed by atoms with van der Waals surface area (Å²) >= 11 is 6.11. The van der Waals surface area contributed by atoms with Gasteiger partial charge >= 0.3 is 0 Å². The largest absolute Gasteiger partial charge is 0.288 e. The van der Waals surface area contributed by atoms with E-state index in [0.29, 0.717) is 6.54 Å². The summed E-state index contributed by atoms with van der Waals surface area (Å²) < 4.78 is 0. The van der Waals surface area contributed by atoms with Crippen molar-refractivity contribution in [2.45, 2.75) is 6.54 Å². The minimum atomic E-state index is 0.604. The number of fused-ring (bicyclic) bond motifs is 1. The van der Waals surface area contributed by atoms with Crippen LogP contribution in [0.25, 0.3) is 10.8 Å². The van der Waals surface area contributed by atoms with Crippen LogP contribution in [0, 0.1) is 0 Å². The highest BCUT2D eigenvalue weighted by Crippen LogP contribution is 2.17. The lowest BCUT2D eigenvalue weighted by molar-refractivity contribution is 1.08. The van der Waals surface area contributed by atoms with Gasteiger partial charge in [0.05, 0.1) is 6.54 Å². The first kappa shape index (κ1) is 12.9. The Morgan fingerprint density at radius 2 is 1.60 bits per heavy atom. The molecule has 0 saturated heterocycles. The van der Waals surface area contributed by atoms with Gasteiger partial charge in [0, 0.05) is 11.2 Å². The molecule has 0 spiro atoms. The van der Waals surface area contributed by atoms with Crippen molar-refractivity contribution in [3.8, 4) is 0 Å². The van der Waals surface area contributed by atoms with E-state index >= 15 is 0 Å². The van der Waals surface area contributed by atoms with Crippen LogP contribution in [0.15, 0.2) is 71.7 Å². The third-order valence-electron chi connectivity index (χ3n) is 3.23. The van der Waals surface area contributed by atoms with Gasteiger partial charge in [-0.2, -0.15) is 0 Å². The van der Waals surface area contributed by atoms with Crippen molar-refractivity contribution in [3.63, 3.8) is 0 Å². The zero-order valence-corrected chi connectivity index (χ0v) is 11.7. The van der Waals surface area contributed by atoms with Crippen LogP contribution in [-0.4, -0.2) is 6.21 Å². The van der Waals surface area contributed by atoms with E-state index in [0.717, 1.165) is 16.1 Å². The second-order valence-corrected chi connectivity index (χ2v) is 5.07. The first-order valence-corrected chi connectivity index (χ1v) is 6.93. The predicted molar refractivity (Wildman–Crippen MR) is 86.7 cm³/mol. The highest BCUT2D eigenvalue weighted by molar-refractivity contribution is 6.31. The standard InChI is InChI=1S/C18H14ClN/c19-18-8-4-3-7-17(18)13-20-12-14-9-10-15-5-1-2-6-16(15)11-14/h1-12H,13H2. The van der Waals surface area contributed by atoms with E-state index in [9.17, 15) is 0 Å². The van der Waals surface area contributed by atoms with Gasteiger partial charge in [-0.1, -0.05) is 66.2 Å². The molecule has 0 saturated carbocycles. The zero-order chi connectivity index (χ0) is 13.8. The van der Waals surface area contributed by atoms with Crippen molar-refractivity contribution in [2.24, 2.45) is 4.99 Å². The van der Waals surface area contributed by atoms with Gasteiger partial charge in [-0.15, -0.1) is 0 Å². The van der Waals surface area contributed by atoms with Gasteiger partial charge in [0.2, 0.25) is 0 Å². The minimum absolute atomic E-state index is 0.604. The molecule has 0 radical (unpaired) electrons. The zero-order valence-electron chi connectivity index (χ0n) is 11.0. The number of nitrogens with zero attached hydrogens (tertiary/aromatic N) is 1. The van der Waals surface area contributed by atoms with E-state index in [1.807, 2.05) is 42.6 Å². The fraction of sp³-hybridized carbons (Fsp3) is 0.0556. The fourth-order valence-corrected chi connectivity index (χ4v) is 2.36. The average Bonchev–Trinajstić information content (AvgIpc) is 2.49. The SMILES string of the molecule is Clc1ccccc1CN=Cc1ccc2ccccc2c1. The van der Waals surface area contributed by atoms with E-state index in [4.69, 9.17) is 11.6 Å². The molecular formula is C18H14ClN. The molecule has 0 aromatic heterocycles. The smallest absolute Gasteiger partial charge is 0.0654 e. The Balaban J connectivity index is 1.79. The van der Waals surface area contributed by atoms with Crippen LogP contribution in [0.4, 0.5) is 0 Å². The van der Waals surface area contributed by atoms with Crippen LogP contribution in [0.1, 0.15) is 11.1 Å². The third kappa shape index (κ3) is 2.89. The maximum Gasteiger partial charge on any atom is 0.0654 e. The van der Waals surface area contributed by atoms with E-state index in [2.05, 4.69) is 35.3 Å². The first-order valence-electron chi connectivity index (χ1n) is 6.55. The number of rotatable bonds is 3. The molecule has 0 fully saturated rings. The molecule has 98 valence electrons. The molecule has 3 aromatic rings. The Morgan fingerprint density at radius 1 is 0.850 bits per heavy atom. The summed E-state index contributed by atoms with van der Waals surface area (Å²) in [4.78, 5) is 4.47. The summed E-state index contributed by atoms with van der Waals surface area (Å²) in [6.45, 7) is 0.604. The first-order chi connectivity index (χ1) is 9.83. The van der Waals surface area contributed by atoms with Gasteiger partial charge in [-0.3, -0.25) is 4.99 Å². The lowest BCUT2D eigenvalue weighted by atomic mass is 10.1. The molecule has 0 unspecified atom stereocenters. The molecular weight excluding hydrogens is 266 g/mol. The van der Waals surface area contributed by atoms with Gasteiger partial charge in [0.25, 0.3) is 0 Å². The van der Waals surface area contributed by atoms with E-state index in [1.54, 1.807) is 0 Å². The van der Waals surface area contributed by atoms with Crippen molar-refractivity contribution in [3.05, 3.63) is 82.9 Å². The molecule has 0 amide bonds. The highest BCUT2D eigenvalue weighted by Gasteiger charge is 1.97. The summed E-state index contributed by atoms with van der Waals surface area (Å²) in [7, 11) is 0. The van der Waals surface area contributed by atoms with Crippen LogP contribution in [0.5, 0.6) is 0 Å². The van der Waals surface area contributed by atoms with Crippen LogP contribution in [0.3, 0.4) is 0 Å². The molecule has 0 heterocycles. The normalized spacial score (nSPS) is 11.2. The topological polar surface area (TPSA) is 12.4 Å². The number of hydrogen-bond donors (Lipinski definition) is 0. The molecule has 0 atom stereocenters. The van der Waals surface area contributed by atoms with Crippen LogP contribution in [0.2, 0.25) is 5.02 Å². The average molecular weight is 280 g/mol. The molecule has 0 aliphatic heterocycles. The lowest BCUT2D eigenvalue weighted by Gasteiger charge is -2.00. The predicted octanol–water partition coefficient (Wildman–Crippen LogP) is 5.11. The Labute approximate surface area is 123 Å². The van der Waals surface area contributed by atoms with E-state index < -0.39 is 0 Å². The number of aliphatic imine (C=N–C) groups is 1. The molecule has 3 aromatic carbocycles. The van der Waals surface area contributed by atoms with Crippen molar-refractivity contribution < 1.29 is 0 Å². The van der Waals surface area contributed by atoms with Gasteiger partial charge in [0.1, 0.15) is 0 Å². The summed E-state index contributed by atoms with van der Waals surface area (Å²) in [6.07, 6.45) is 1.90. The Morgan fingerprint density at radius 3 is 2.45 bits per heavy atom. The number of hydrogen-bond acceptors (Lipinski definition) is 1.